The first kappa shape index (κ1) is 20.9. The molecule has 2 N–H and O–H groups in total. The average molecular weight is 440 g/mol. The SMILES string of the molecule is CCc1ccc(Nc2c(-c3cccnc3)c(C3CC3)nn2-c2ncccc2C)c(C(=O)O)c1. The molecule has 7 heteroatoms. The molecule has 0 aliphatic heterocycles. The van der Waals surface area contributed by atoms with Crippen LogP contribution in [0.2, 0.25) is 0 Å². The predicted octanol–water partition coefficient (Wildman–Crippen LogP) is 5.52. The zero-order valence-corrected chi connectivity index (χ0v) is 18.6. The number of carboxylic acid groups (broad SMARTS) is 1. The van der Waals surface area contributed by atoms with Gasteiger partial charge in [0.2, 0.25) is 0 Å². The summed E-state index contributed by atoms with van der Waals surface area (Å²) in [5, 5.41) is 18.3. The summed E-state index contributed by atoms with van der Waals surface area (Å²) in [6, 6.07) is 13.3. The summed E-state index contributed by atoms with van der Waals surface area (Å²) in [5.41, 5.74) is 5.54. The number of rotatable bonds is 7. The fourth-order valence-electron chi connectivity index (χ4n) is 4.07. The van der Waals surface area contributed by atoms with Gasteiger partial charge in [-0.25, -0.2) is 9.78 Å². The van der Waals surface area contributed by atoms with E-state index in [1.807, 2.05) is 61.1 Å². The molecule has 1 saturated carbocycles. The maximum absolute atomic E-state index is 12.1. The van der Waals surface area contributed by atoms with Gasteiger partial charge in [0.25, 0.3) is 0 Å². The maximum Gasteiger partial charge on any atom is 0.337 e. The standard InChI is InChI=1S/C26H25N5O2/c1-3-17-8-11-21(20(14-17)26(32)33)29-25-22(19-7-5-12-27-15-19)23(18-9-10-18)30-31(25)24-16(2)6-4-13-28-24/h4-8,11-15,18,29H,3,9-10H2,1-2H3,(H,32,33). The number of aromatic carboxylic acids is 1. The number of aryl methyl sites for hydroxylation is 2. The molecular formula is C26H25N5O2. The Balaban J connectivity index is 1.75. The van der Waals surface area contributed by atoms with Crippen molar-refractivity contribution in [2.75, 3.05) is 5.32 Å². The van der Waals surface area contributed by atoms with E-state index >= 15 is 0 Å². The molecular weight excluding hydrogens is 414 g/mol. The van der Waals surface area contributed by atoms with Crippen molar-refractivity contribution in [2.24, 2.45) is 0 Å². The van der Waals surface area contributed by atoms with Gasteiger partial charge in [0.05, 0.1) is 16.9 Å². The molecule has 3 aromatic heterocycles. The monoisotopic (exact) mass is 439 g/mol. The van der Waals surface area contributed by atoms with Crippen molar-refractivity contribution in [3.05, 3.63) is 83.4 Å². The van der Waals surface area contributed by atoms with Gasteiger partial charge in [-0.1, -0.05) is 25.1 Å². The fraction of sp³-hybridized carbons (Fsp3) is 0.231. The van der Waals surface area contributed by atoms with E-state index < -0.39 is 5.97 Å². The lowest BCUT2D eigenvalue weighted by molar-refractivity contribution is 0.0698. The number of benzene rings is 1. The molecule has 4 aromatic rings. The molecule has 1 fully saturated rings. The lowest BCUT2D eigenvalue weighted by Gasteiger charge is -2.15. The lowest BCUT2D eigenvalue weighted by atomic mass is 10.0. The fourth-order valence-corrected chi connectivity index (χ4v) is 4.07. The summed E-state index contributed by atoms with van der Waals surface area (Å²) in [5.74, 6) is 0.795. The molecule has 166 valence electrons. The van der Waals surface area contributed by atoms with Crippen LogP contribution in [-0.4, -0.2) is 30.8 Å². The third-order valence-electron chi connectivity index (χ3n) is 5.98. The highest BCUT2D eigenvalue weighted by molar-refractivity contribution is 5.96. The van der Waals surface area contributed by atoms with Crippen molar-refractivity contribution < 1.29 is 9.90 Å². The quantitative estimate of drug-likeness (QED) is 0.394. The molecule has 1 aliphatic carbocycles. The Labute approximate surface area is 192 Å². The van der Waals surface area contributed by atoms with Crippen LogP contribution >= 0.6 is 0 Å². The van der Waals surface area contributed by atoms with Gasteiger partial charge in [0.15, 0.2) is 5.82 Å². The molecule has 0 amide bonds. The largest absolute Gasteiger partial charge is 0.478 e. The van der Waals surface area contributed by atoms with Crippen molar-refractivity contribution in [2.45, 2.75) is 39.0 Å². The Morgan fingerprint density at radius 2 is 2.00 bits per heavy atom. The van der Waals surface area contributed by atoms with Crippen molar-refractivity contribution in [3.8, 4) is 16.9 Å². The molecule has 0 spiro atoms. The topological polar surface area (TPSA) is 92.9 Å². The summed E-state index contributed by atoms with van der Waals surface area (Å²) in [6.07, 6.45) is 8.23. The van der Waals surface area contributed by atoms with Crippen LogP contribution in [-0.2, 0) is 6.42 Å². The summed E-state index contributed by atoms with van der Waals surface area (Å²) in [4.78, 5) is 21.0. The van der Waals surface area contributed by atoms with E-state index in [0.29, 0.717) is 23.2 Å². The zero-order chi connectivity index (χ0) is 22.9. The Morgan fingerprint density at radius 1 is 1.18 bits per heavy atom. The Bertz CT molecular complexity index is 1330. The zero-order valence-electron chi connectivity index (χ0n) is 18.6. The van der Waals surface area contributed by atoms with Crippen molar-refractivity contribution in [1.29, 1.82) is 0 Å². The Hall–Kier alpha value is -4.00. The number of pyridine rings is 2. The van der Waals surface area contributed by atoms with E-state index in [1.165, 1.54) is 0 Å². The van der Waals surface area contributed by atoms with Gasteiger partial charge in [-0.2, -0.15) is 9.78 Å². The molecule has 0 saturated heterocycles. The molecule has 0 unspecified atom stereocenters. The number of nitrogens with one attached hydrogen (secondary N) is 1. The van der Waals surface area contributed by atoms with Crippen molar-refractivity contribution in [1.82, 2.24) is 19.7 Å². The number of hydrogen-bond acceptors (Lipinski definition) is 5. The van der Waals surface area contributed by atoms with E-state index in [-0.39, 0.29) is 5.56 Å². The summed E-state index contributed by atoms with van der Waals surface area (Å²) in [7, 11) is 0. The molecule has 7 nitrogen and oxygen atoms in total. The molecule has 5 rings (SSSR count). The number of hydrogen-bond donors (Lipinski definition) is 2. The van der Waals surface area contributed by atoms with Gasteiger partial charge in [0, 0.05) is 35.6 Å². The smallest absolute Gasteiger partial charge is 0.337 e. The first-order chi connectivity index (χ1) is 16.1. The van der Waals surface area contributed by atoms with Crippen LogP contribution in [0, 0.1) is 6.92 Å². The minimum atomic E-state index is -0.974. The van der Waals surface area contributed by atoms with Gasteiger partial charge in [-0.15, -0.1) is 0 Å². The van der Waals surface area contributed by atoms with Crippen molar-refractivity contribution >= 4 is 17.5 Å². The Morgan fingerprint density at radius 3 is 2.67 bits per heavy atom. The van der Waals surface area contributed by atoms with E-state index in [2.05, 4.69) is 15.3 Å². The average Bonchev–Trinajstić information content (AvgIpc) is 3.62. The third kappa shape index (κ3) is 3.98. The van der Waals surface area contributed by atoms with Gasteiger partial charge in [-0.05, 0) is 61.6 Å². The first-order valence-electron chi connectivity index (χ1n) is 11.1. The number of aromatic nitrogens is 4. The molecule has 1 aromatic carbocycles. The maximum atomic E-state index is 12.1. The molecule has 3 heterocycles. The van der Waals surface area contributed by atoms with Gasteiger partial charge < -0.3 is 10.4 Å². The van der Waals surface area contributed by atoms with E-state index in [4.69, 9.17) is 5.10 Å². The van der Waals surface area contributed by atoms with E-state index in [9.17, 15) is 9.90 Å². The van der Waals surface area contributed by atoms with Crippen LogP contribution in [0.15, 0.2) is 61.1 Å². The number of carboxylic acids is 1. The second-order valence-corrected chi connectivity index (χ2v) is 8.34. The highest BCUT2D eigenvalue weighted by atomic mass is 16.4. The van der Waals surface area contributed by atoms with Crippen LogP contribution in [0.3, 0.4) is 0 Å². The van der Waals surface area contributed by atoms with E-state index in [0.717, 1.165) is 47.2 Å². The molecule has 1 aliphatic rings. The van der Waals surface area contributed by atoms with Crippen molar-refractivity contribution in [3.63, 3.8) is 0 Å². The highest BCUT2D eigenvalue weighted by Crippen LogP contribution is 2.47. The Kier molecular flexibility index (Phi) is 5.38. The lowest BCUT2D eigenvalue weighted by Crippen LogP contribution is -2.09. The second kappa shape index (κ2) is 8.50. The number of carbonyl (C=O) groups is 1. The molecule has 0 atom stereocenters. The highest BCUT2D eigenvalue weighted by Gasteiger charge is 2.33. The number of nitrogens with zero attached hydrogens (tertiary/aromatic N) is 4. The van der Waals surface area contributed by atoms with Gasteiger partial charge in [0.1, 0.15) is 5.82 Å². The first-order valence-corrected chi connectivity index (χ1v) is 11.1. The van der Waals surface area contributed by atoms with Crippen LogP contribution in [0.25, 0.3) is 16.9 Å². The normalized spacial score (nSPS) is 13.2. The van der Waals surface area contributed by atoms with Crippen LogP contribution in [0.5, 0.6) is 0 Å². The van der Waals surface area contributed by atoms with Crippen LogP contribution in [0.4, 0.5) is 11.5 Å². The predicted molar refractivity (Wildman–Crippen MR) is 127 cm³/mol. The summed E-state index contributed by atoms with van der Waals surface area (Å²) in [6.45, 7) is 4.00. The molecule has 33 heavy (non-hydrogen) atoms. The summed E-state index contributed by atoms with van der Waals surface area (Å²) < 4.78 is 1.81. The van der Waals surface area contributed by atoms with E-state index in [1.54, 1.807) is 18.5 Å². The van der Waals surface area contributed by atoms with Crippen LogP contribution < -0.4 is 5.32 Å². The van der Waals surface area contributed by atoms with Crippen LogP contribution in [0.1, 0.15) is 52.9 Å². The number of anilines is 2. The van der Waals surface area contributed by atoms with Gasteiger partial charge in [-0.3, -0.25) is 4.98 Å². The second-order valence-electron chi connectivity index (χ2n) is 8.34. The minimum absolute atomic E-state index is 0.227. The third-order valence-corrected chi connectivity index (χ3v) is 5.98. The van der Waals surface area contributed by atoms with Gasteiger partial charge >= 0.3 is 5.97 Å². The summed E-state index contributed by atoms with van der Waals surface area (Å²) >= 11 is 0. The minimum Gasteiger partial charge on any atom is -0.478 e. The molecule has 0 radical (unpaired) electrons. The molecule has 0 bridgehead atoms.